The van der Waals surface area contributed by atoms with Crippen LogP contribution in [0.5, 0.6) is 0 Å². The lowest BCUT2D eigenvalue weighted by Gasteiger charge is -2.18. The van der Waals surface area contributed by atoms with Crippen molar-refractivity contribution in [1.82, 2.24) is 0 Å². The normalized spacial score (nSPS) is 12.4. The van der Waals surface area contributed by atoms with Gasteiger partial charge in [-0.3, -0.25) is 14.4 Å². The Labute approximate surface area is 403 Å². The number of carbonyl (C=O) groups is 3. The summed E-state index contributed by atoms with van der Waals surface area (Å²) in [5.74, 6) is -0.898. The van der Waals surface area contributed by atoms with Crippen molar-refractivity contribution in [2.24, 2.45) is 0 Å². The van der Waals surface area contributed by atoms with E-state index >= 15 is 0 Å². The van der Waals surface area contributed by atoms with Crippen LogP contribution in [0.3, 0.4) is 0 Å². The summed E-state index contributed by atoms with van der Waals surface area (Å²) in [6.45, 7) is 6.59. The molecule has 0 radical (unpaired) electrons. The van der Waals surface area contributed by atoms with Crippen LogP contribution in [0.4, 0.5) is 0 Å². The van der Waals surface area contributed by atoms with Gasteiger partial charge in [-0.25, -0.2) is 0 Å². The standard InChI is InChI=1S/C59H106O6/c1-4-7-10-13-16-19-22-25-28-30-32-34-37-40-43-46-49-52-58(61)64-55-56(54-63-57(60)51-48-45-42-39-36-33-27-24-21-18-15-12-9-6-3)65-59(62)53-50-47-44-41-38-35-31-29-26-23-20-17-14-11-8-5-2/h15,18,24-25,27-29,31,56H,4-14,16-17,19-23,26,30,32-55H2,1-3H3/b18-15-,27-24-,28-25-,31-29-/t56-/m1/s1. The Hall–Kier alpha value is -2.63. The molecule has 0 rings (SSSR count). The fourth-order valence-corrected chi connectivity index (χ4v) is 7.98. The maximum atomic E-state index is 12.8. The third-order valence-electron chi connectivity index (χ3n) is 12.3. The number of esters is 3. The molecular formula is C59H106O6. The molecule has 0 saturated carbocycles. The SMILES string of the molecule is CCCC/C=C\C/C=C\CCCCCCCC(=O)OC[C@H](COC(=O)CCCCCCCCC/C=C\CCCCCCCC)OC(=O)CCCCCCC/C=C\CCCCCCCCC. The second kappa shape index (κ2) is 54.0. The highest BCUT2D eigenvalue weighted by molar-refractivity contribution is 5.71. The summed E-state index contributed by atoms with van der Waals surface area (Å²) in [6, 6.07) is 0. The summed E-state index contributed by atoms with van der Waals surface area (Å²) in [4.78, 5) is 38.1. The van der Waals surface area contributed by atoms with E-state index in [1.165, 1.54) is 161 Å². The first kappa shape index (κ1) is 62.4. The van der Waals surface area contributed by atoms with E-state index in [1.807, 2.05) is 0 Å². The molecule has 378 valence electrons. The van der Waals surface area contributed by atoms with Gasteiger partial charge in [0.05, 0.1) is 0 Å². The molecule has 0 aliphatic heterocycles. The smallest absolute Gasteiger partial charge is 0.306 e. The predicted octanol–water partition coefficient (Wildman–Crippen LogP) is 18.7. The van der Waals surface area contributed by atoms with E-state index in [2.05, 4.69) is 69.4 Å². The molecule has 0 bridgehead atoms. The fraction of sp³-hybridized carbons (Fsp3) is 0.814. The highest BCUT2D eigenvalue weighted by Gasteiger charge is 2.19. The predicted molar refractivity (Wildman–Crippen MR) is 279 cm³/mol. The average molecular weight is 911 g/mol. The molecule has 0 aromatic rings. The van der Waals surface area contributed by atoms with Crippen LogP contribution in [0.15, 0.2) is 48.6 Å². The molecule has 0 spiro atoms. The van der Waals surface area contributed by atoms with Gasteiger partial charge in [0.25, 0.3) is 0 Å². The number of allylic oxidation sites excluding steroid dienone is 8. The molecule has 0 amide bonds. The Kier molecular flexibility index (Phi) is 51.8. The van der Waals surface area contributed by atoms with Crippen LogP contribution in [-0.2, 0) is 28.6 Å². The van der Waals surface area contributed by atoms with Crippen molar-refractivity contribution in [3.05, 3.63) is 48.6 Å². The quantitative estimate of drug-likeness (QED) is 0.0262. The van der Waals surface area contributed by atoms with Gasteiger partial charge >= 0.3 is 17.9 Å². The van der Waals surface area contributed by atoms with Crippen molar-refractivity contribution in [3.63, 3.8) is 0 Å². The molecule has 0 aromatic heterocycles. The molecule has 6 nitrogen and oxygen atoms in total. The van der Waals surface area contributed by atoms with E-state index in [0.717, 1.165) is 89.9 Å². The van der Waals surface area contributed by atoms with Crippen LogP contribution in [-0.4, -0.2) is 37.2 Å². The lowest BCUT2D eigenvalue weighted by Crippen LogP contribution is -2.30. The van der Waals surface area contributed by atoms with E-state index in [4.69, 9.17) is 14.2 Å². The zero-order chi connectivity index (χ0) is 47.2. The summed E-state index contributed by atoms with van der Waals surface area (Å²) in [5, 5.41) is 0. The summed E-state index contributed by atoms with van der Waals surface area (Å²) in [6.07, 6.45) is 65.2. The van der Waals surface area contributed by atoms with Gasteiger partial charge in [0.1, 0.15) is 13.2 Å². The molecule has 6 heteroatoms. The Bertz CT molecular complexity index is 1140. The second-order valence-corrected chi connectivity index (χ2v) is 18.8. The topological polar surface area (TPSA) is 78.9 Å². The van der Waals surface area contributed by atoms with E-state index in [1.54, 1.807) is 0 Å². The zero-order valence-electron chi connectivity index (χ0n) is 43.3. The molecule has 0 saturated heterocycles. The van der Waals surface area contributed by atoms with Crippen LogP contribution >= 0.6 is 0 Å². The van der Waals surface area contributed by atoms with Gasteiger partial charge in [-0.05, 0) is 96.3 Å². The Morgan fingerprint density at radius 3 is 0.908 bits per heavy atom. The molecular weight excluding hydrogens is 805 g/mol. The van der Waals surface area contributed by atoms with E-state index in [0.29, 0.717) is 19.3 Å². The van der Waals surface area contributed by atoms with Crippen molar-refractivity contribution >= 4 is 17.9 Å². The Morgan fingerprint density at radius 2 is 0.569 bits per heavy atom. The highest BCUT2D eigenvalue weighted by atomic mass is 16.6. The van der Waals surface area contributed by atoms with Crippen molar-refractivity contribution in [2.75, 3.05) is 13.2 Å². The minimum atomic E-state index is -0.784. The van der Waals surface area contributed by atoms with Crippen LogP contribution in [0, 0.1) is 0 Å². The number of rotatable bonds is 51. The summed E-state index contributed by atoms with van der Waals surface area (Å²) >= 11 is 0. The van der Waals surface area contributed by atoms with Crippen LogP contribution in [0.2, 0.25) is 0 Å². The summed E-state index contributed by atoms with van der Waals surface area (Å²) in [5.41, 5.74) is 0. The molecule has 0 aliphatic carbocycles. The van der Waals surface area contributed by atoms with Gasteiger partial charge in [-0.15, -0.1) is 0 Å². The van der Waals surface area contributed by atoms with Crippen LogP contribution < -0.4 is 0 Å². The van der Waals surface area contributed by atoms with E-state index in [9.17, 15) is 14.4 Å². The lowest BCUT2D eigenvalue weighted by atomic mass is 10.1. The Morgan fingerprint density at radius 1 is 0.308 bits per heavy atom. The molecule has 0 fully saturated rings. The Balaban J connectivity index is 4.39. The number of hydrogen-bond acceptors (Lipinski definition) is 6. The molecule has 1 atom stereocenters. The fourth-order valence-electron chi connectivity index (χ4n) is 7.98. The molecule has 0 N–H and O–H groups in total. The zero-order valence-corrected chi connectivity index (χ0v) is 43.3. The number of hydrogen-bond donors (Lipinski definition) is 0. The molecule has 65 heavy (non-hydrogen) atoms. The van der Waals surface area contributed by atoms with Crippen molar-refractivity contribution in [3.8, 4) is 0 Å². The van der Waals surface area contributed by atoms with Gasteiger partial charge in [0.15, 0.2) is 6.10 Å². The third kappa shape index (κ3) is 52.2. The average Bonchev–Trinajstić information content (AvgIpc) is 3.30. The van der Waals surface area contributed by atoms with Crippen molar-refractivity contribution in [1.29, 1.82) is 0 Å². The molecule has 0 heterocycles. The maximum Gasteiger partial charge on any atom is 0.306 e. The third-order valence-corrected chi connectivity index (χ3v) is 12.3. The summed E-state index contributed by atoms with van der Waals surface area (Å²) in [7, 11) is 0. The van der Waals surface area contributed by atoms with Crippen molar-refractivity contribution in [2.45, 2.75) is 297 Å². The maximum absolute atomic E-state index is 12.8. The van der Waals surface area contributed by atoms with Gasteiger partial charge in [0, 0.05) is 19.3 Å². The minimum Gasteiger partial charge on any atom is -0.462 e. The second-order valence-electron chi connectivity index (χ2n) is 18.8. The van der Waals surface area contributed by atoms with Gasteiger partial charge in [0.2, 0.25) is 0 Å². The van der Waals surface area contributed by atoms with Crippen LogP contribution in [0.25, 0.3) is 0 Å². The lowest BCUT2D eigenvalue weighted by molar-refractivity contribution is -0.167. The summed E-state index contributed by atoms with van der Waals surface area (Å²) < 4.78 is 16.8. The first-order chi connectivity index (χ1) is 32.0. The first-order valence-corrected chi connectivity index (χ1v) is 28.1. The van der Waals surface area contributed by atoms with Crippen LogP contribution in [0.1, 0.15) is 290 Å². The monoisotopic (exact) mass is 911 g/mol. The molecule has 0 unspecified atom stereocenters. The van der Waals surface area contributed by atoms with Gasteiger partial charge in [-0.2, -0.15) is 0 Å². The van der Waals surface area contributed by atoms with E-state index < -0.39 is 6.10 Å². The molecule has 0 aliphatic rings. The first-order valence-electron chi connectivity index (χ1n) is 28.1. The largest absolute Gasteiger partial charge is 0.462 e. The van der Waals surface area contributed by atoms with E-state index in [-0.39, 0.29) is 31.1 Å². The number of ether oxygens (including phenoxy) is 3. The highest BCUT2D eigenvalue weighted by Crippen LogP contribution is 2.15. The number of carbonyl (C=O) groups excluding carboxylic acids is 3. The minimum absolute atomic E-state index is 0.0820. The van der Waals surface area contributed by atoms with Gasteiger partial charge in [-0.1, -0.05) is 223 Å². The van der Waals surface area contributed by atoms with Crippen molar-refractivity contribution < 1.29 is 28.6 Å². The van der Waals surface area contributed by atoms with Gasteiger partial charge < -0.3 is 14.2 Å². The molecule has 0 aromatic carbocycles. The number of unbranched alkanes of at least 4 members (excludes halogenated alkanes) is 32.